The van der Waals surface area contributed by atoms with Crippen LogP contribution >= 0.6 is 0 Å². The minimum absolute atomic E-state index is 0.155. The van der Waals surface area contributed by atoms with Gasteiger partial charge in [-0.1, -0.05) is 45.0 Å². The number of hydrogen-bond donors (Lipinski definition) is 0. The van der Waals surface area contributed by atoms with Crippen LogP contribution in [0.2, 0.25) is 0 Å². The fraction of sp³-hybridized carbons (Fsp3) is 0.647. The van der Waals surface area contributed by atoms with Crippen LogP contribution in [0.25, 0.3) is 0 Å². The van der Waals surface area contributed by atoms with E-state index in [1.807, 2.05) is 0 Å². The van der Waals surface area contributed by atoms with Crippen molar-refractivity contribution in [2.24, 2.45) is 0 Å². The van der Waals surface area contributed by atoms with Crippen molar-refractivity contribution in [3.63, 3.8) is 0 Å². The number of sulfonamides is 1. The minimum atomic E-state index is -3.02. The summed E-state index contributed by atoms with van der Waals surface area (Å²) in [4.78, 5) is 0. The molecule has 1 saturated heterocycles. The number of hydrogen-bond acceptors (Lipinski definition) is 2. The first-order valence-electron chi connectivity index (χ1n) is 7.82. The summed E-state index contributed by atoms with van der Waals surface area (Å²) in [6, 6.07) is 8.80. The molecule has 0 radical (unpaired) electrons. The predicted molar refractivity (Wildman–Crippen MR) is 88.2 cm³/mol. The van der Waals surface area contributed by atoms with Crippen LogP contribution in [0.4, 0.5) is 0 Å². The van der Waals surface area contributed by atoms with Gasteiger partial charge in [0.1, 0.15) is 0 Å². The third-order valence-electron chi connectivity index (χ3n) is 4.44. The van der Waals surface area contributed by atoms with E-state index < -0.39 is 10.0 Å². The Morgan fingerprint density at radius 3 is 2.33 bits per heavy atom. The summed E-state index contributed by atoms with van der Waals surface area (Å²) in [5.74, 6) is 0.688. The van der Waals surface area contributed by atoms with Gasteiger partial charge in [-0.15, -0.1) is 0 Å². The molecule has 1 aromatic carbocycles. The van der Waals surface area contributed by atoms with Crippen molar-refractivity contribution in [1.29, 1.82) is 0 Å². The Hall–Kier alpha value is -0.870. The molecule has 1 fully saturated rings. The SMILES string of the molecule is CCS(=O)(=O)N1CCC(c2cccc(C(C)(C)C)c2)CC1. The molecule has 0 spiro atoms. The maximum absolute atomic E-state index is 11.9. The normalized spacial score (nSPS) is 18.9. The van der Waals surface area contributed by atoms with Gasteiger partial charge in [-0.05, 0) is 42.2 Å². The molecule has 1 aliphatic rings. The number of piperidine rings is 1. The lowest BCUT2D eigenvalue weighted by Crippen LogP contribution is -2.38. The van der Waals surface area contributed by atoms with Crippen LogP contribution in [-0.4, -0.2) is 31.6 Å². The molecule has 1 aromatic rings. The van der Waals surface area contributed by atoms with Gasteiger partial charge in [0.05, 0.1) is 5.75 Å². The summed E-state index contributed by atoms with van der Waals surface area (Å²) in [5, 5.41) is 0. The zero-order chi connectivity index (χ0) is 15.7. The maximum atomic E-state index is 11.9. The molecular weight excluding hydrogens is 282 g/mol. The average Bonchev–Trinajstić information content (AvgIpc) is 2.47. The molecule has 4 heteroatoms. The highest BCUT2D eigenvalue weighted by atomic mass is 32.2. The standard InChI is InChI=1S/C17H27NO2S/c1-5-21(19,20)18-11-9-14(10-12-18)15-7-6-8-16(13-15)17(2,3)4/h6-8,13-14H,5,9-12H2,1-4H3. The molecule has 0 atom stereocenters. The minimum Gasteiger partial charge on any atom is -0.212 e. The summed E-state index contributed by atoms with van der Waals surface area (Å²) >= 11 is 0. The second-order valence-corrected chi connectivity index (χ2v) is 9.21. The Bertz CT molecular complexity index is 579. The van der Waals surface area contributed by atoms with E-state index in [1.165, 1.54) is 11.1 Å². The van der Waals surface area contributed by atoms with Gasteiger partial charge < -0.3 is 0 Å². The molecule has 1 heterocycles. The highest BCUT2D eigenvalue weighted by Gasteiger charge is 2.27. The number of benzene rings is 1. The van der Waals surface area contributed by atoms with Crippen molar-refractivity contribution in [3.8, 4) is 0 Å². The Morgan fingerprint density at radius 1 is 1.19 bits per heavy atom. The second kappa shape index (κ2) is 6.09. The summed E-state index contributed by atoms with van der Waals surface area (Å²) in [7, 11) is -3.02. The van der Waals surface area contributed by atoms with E-state index in [2.05, 4.69) is 45.0 Å². The molecule has 0 N–H and O–H groups in total. The van der Waals surface area contributed by atoms with E-state index in [-0.39, 0.29) is 11.2 Å². The predicted octanol–water partition coefficient (Wildman–Crippen LogP) is 3.51. The molecular formula is C17H27NO2S. The van der Waals surface area contributed by atoms with Crippen LogP contribution in [0, 0.1) is 0 Å². The molecule has 118 valence electrons. The quantitative estimate of drug-likeness (QED) is 0.857. The number of rotatable bonds is 3. The van der Waals surface area contributed by atoms with E-state index in [9.17, 15) is 8.42 Å². The van der Waals surface area contributed by atoms with E-state index >= 15 is 0 Å². The van der Waals surface area contributed by atoms with Gasteiger partial charge in [-0.2, -0.15) is 0 Å². The first-order chi connectivity index (χ1) is 9.74. The van der Waals surface area contributed by atoms with Crippen LogP contribution in [-0.2, 0) is 15.4 Å². The van der Waals surface area contributed by atoms with E-state index in [0.717, 1.165) is 12.8 Å². The van der Waals surface area contributed by atoms with Gasteiger partial charge in [0.2, 0.25) is 10.0 Å². The van der Waals surface area contributed by atoms with Crippen LogP contribution in [0.5, 0.6) is 0 Å². The van der Waals surface area contributed by atoms with Crippen LogP contribution in [0.15, 0.2) is 24.3 Å². The molecule has 0 saturated carbocycles. The van der Waals surface area contributed by atoms with Crippen molar-refractivity contribution >= 4 is 10.0 Å². The third kappa shape index (κ3) is 3.86. The molecule has 0 aliphatic carbocycles. The van der Waals surface area contributed by atoms with E-state index in [0.29, 0.717) is 19.0 Å². The third-order valence-corrected chi connectivity index (χ3v) is 6.32. The van der Waals surface area contributed by atoms with Gasteiger partial charge in [0.25, 0.3) is 0 Å². The van der Waals surface area contributed by atoms with Crippen molar-refractivity contribution in [2.45, 2.75) is 51.9 Å². The largest absolute Gasteiger partial charge is 0.213 e. The van der Waals surface area contributed by atoms with Gasteiger partial charge in [0, 0.05) is 13.1 Å². The molecule has 2 rings (SSSR count). The molecule has 0 amide bonds. The number of nitrogens with zero attached hydrogens (tertiary/aromatic N) is 1. The lowest BCUT2D eigenvalue weighted by molar-refractivity contribution is 0.320. The molecule has 1 aliphatic heterocycles. The van der Waals surface area contributed by atoms with Gasteiger partial charge in [-0.25, -0.2) is 12.7 Å². The van der Waals surface area contributed by atoms with Gasteiger partial charge >= 0.3 is 0 Å². The first kappa shape index (κ1) is 16.5. The molecule has 0 aromatic heterocycles. The lowest BCUT2D eigenvalue weighted by atomic mass is 9.83. The van der Waals surface area contributed by atoms with Crippen LogP contribution in [0.3, 0.4) is 0 Å². The monoisotopic (exact) mass is 309 g/mol. The fourth-order valence-corrected chi connectivity index (χ4v) is 4.04. The topological polar surface area (TPSA) is 37.4 Å². The molecule has 3 nitrogen and oxygen atoms in total. The van der Waals surface area contributed by atoms with Crippen LogP contribution in [0.1, 0.15) is 57.6 Å². The summed E-state index contributed by atoms with van der Waals surface area (Å²) in [6.07, 6.45) is 1.85. The second-order valence-electron chi connectivity index (χ2n) is 6.95. The Morgan fingerprint density at radius 2 is 1.81 bits per heavy atom. The fourth-order valence-electron chi connectivity index (χ4n) is 2.91. The molecule has 0 unspecified atom stereocenters. The van der Waals surface area contributed by atoms with Crippen LogP contribution < -0.4 is 0 Å². The van der Waals surface area contributed by atoms with Crippen molar-refractivity contribution in [3.05, 3.63) is 35.4 Å². The Kier molecular flexibility index (Phi) is 4.79. The Labute approximate surface area is 129 Å². The Balaban J connectivity index is 2.10. The summed E-state index contributed by atoms with van der Waals surface area (Å²) in [5.41, 5.74) is 2.86. The van der Waals surface area contributed by atoms with E-state index in [1.54, 1.807) is 11.2 Å². The van der Waals surface area contributed by atoms with E-state index in [4.69, 9.17) is 0 Å². The molecule has 0 bridgehead atoms. The highest BCUT2D eigenvalue weighted by Crippen LogP contribution is 2.32. The zero-order valence-corrected chi connectivity index (χ0v) is 14.4. The maximum Gasteiger partial charge on any atom is 0.213 e. The zero-order valence-electron chi connectivity index (χ0n) is 13.6. The van der Waals surface area contributed by atoms with Crippen molar-refractivity contribution < 1.29 is 8.42 Å². The highest BCUT2D eigenvalue weighted by molar-refractivity contribution is 7.89. The summed E-state index contributed by atoms with van der Waals surface area (Å²) in [6.45, 7) is 9.70. The van der Waals surface area contributed by atoms with Crippen molar-refractivity contribution in [1.82, 2.24) is 4.31 Å². The average molecular weight is 309 g/mol. The lowest BCUT2D eigenvalue weighted by Gasteiger charge is -2.31. The van der Waals surface area contributed by atoms with Crippen molar-refractivity contribution in [2.75, 3.05) is 18.8 Å². The van der Waals surface area contributed by atoms with Gasteiger partial charge in [-0.3, -0.25) is 0 Å². The first-order valence-corrected chi connectivity index (χ1v) is 9.43. The molecule has 21 heavy (non-hydrogen) atoms. The smallest absolute Gasteiger partial charge is 0.212 e. The summed E-state index contributed by atoms with van der Waals surface area (Å²) < 4.78 is 25.5. The van der Waals surface area contributed by atoms with Gasteiger partial charge in [0.15, 0.2) is 0 Å².